The molecule has 2 amide bonds. The van der Waals surface area contributed by atoms with E-state index in [1.165, 1.54) is 35.4 Å². The molecule has 3 heterocycles. The molecule has 1 aromatic carbocycles. The molecule has 1 N–H and O–H groups in total. The average molecular weight is 578 g/mol. The number of halogens is 2. The molecule has 1 saturated carbocycles. The SMILES string of the molecule is C=CC(=O)N1CCN(/C(=N/C)c2cc(Cl)c(-c3c(O)cccc3F)nc2N(C=O)c2nccnc2C2CC2)C(C)C1. The molecule has 1 saturated heterocycles. The van der Waals surface area contributed by atoms with Crippen molar-refractivity contribution in [3.63, 3.8) is 0 Å². The molecule has 12 heteroatoms. The number of aromatic nitrogens is 3. The number of hydrogen-bond acceptors (Lipinski definition) is 7. The van der Waals surface area contributed by atoms with Gasteiger partial charge in [-0.25, -0.2) is 19.3 Å². The minimum atomic E-state index is -0.727. The second kappa shape index (κ2) is 11.6. The Labute approximate surface area is 241 Å². The first-order chi connectivity index (χ1) is 19.8. The van der Waals surface area contributed by atoms with Gasteiger partial charge in [0.1, 0.15) is 17.4 Å². The summed E-state index contributed by atoms with van der Waals surface area (Å²) < 4.78 is 15.0. The standard InChI is InChI=1S/C29H29ClFN7O3/c1-4-23(41)36-12-13-37(17(2)15-36)27(32-3)19-14-20(30)26(24-21(31)6-5-7-22(24)40)35-28(19)38(16-39)29-25(18-8-9-18)33-10-11-34-29/h4-7,10-11,14,16-18,40H,1,8-9,12-13,15H2,2-3H3/b32-27+. The number of phenols is 1. The van der Waals surface area contributed by atoms with E-state index in [1.54, 1.807) is 24.2 Å². The predicted octanol–water partition coefficient (Wildman–Crippen LogP) is 4.30. The van der Waals surface area contributed by atoms with E-state index in [0.717, 1.165) is 12.8 Å². The third-order valence-corrected chi connectivity index (χ3v) is 7.54. The Balaban J connectivity index is 1.69. The fourth-order valence-electron chi connectivity index (χ4n) is 5.13. The summed E-state index contributed by atoms with van der Waals surface area (Å²) in [6, 6.07) is 5.30. The number of aliphatic imine (C=N–C) groups is 1. The first-order valence-corrected chi connectivity index (χ1v) is 13.6. The lowest BCUT2D eigenvalue weighted by atomic mass is 10.1. The topological polar surface area (TPSA) is 115 Å². The number of nitrogens with zero attached hydrogens (tertiary/aromatic N) is 7. The van der Waals surface area contributed by atoms with Gasteiger partial charge in [0.15, 0.2) is 11.6 Å². The summed E-state index contributed by atoms with van der Waals surface area (Å²) in [6.07, 6.45) is 6.77. The third-order valence-electron chi connectivity index (χ3n) is 7.25. The van der Waals surface area contributed by atoms with Gasteiger partial charge in [-0.05, 0) is 44.0 Å². The molecule has 3 aromatic rings. The van der Waals surface area contributed by atoms with E-state index in [9.17, 15) is 19.1 Å². The van der Waals surface area contributed by atoms with Gasteiger partial charge in [0.25, 0.3) is 0 Å². The number of piperazine rings is 1. The van der Waals surface area contributed by atoms with E-state index in [2.05, 4.69) is 26.5 Å². The first-order valence-electron chi connectivity index (χ1n) is 13.2. The number of benzene rings is 1. The summed E-state index contributed by atoms with van der Waals surface area (Å²) in [5.41, 5.74) is 0.802. The quantitative estimate of drug-likeness (QED) is 0.193. The molecule has 0 bridgehead atoms. The highest BCUT2D eigenvalue weighted by atomic mass is 35.5. The van der Waals surface area contributed by atoms with Gasteiger partial charge in [0.05, 0.1) is 27.5 Å². The van der Waals surface area contributed by atoms with Crippen molar-refractivity contribution < 1.29 is 19.1 Å². The number of pyridine rings is 1. The van der Waals surface area contributed by atoms with Crippen LogP contribution in [0.15, 0.2) is 54.3 Å². The highest BCUT2D eigenvalue weighted by Crippen LogP contribution is 2.44. The number of carbonyl (C=O) groups is 2. The molecule has 0 spiro atoms. The van der Waals surface area contributed by atoms with E-state index in [-0.39, 0.29) is 45.7 Å². The van der Waals surface area contributed by atoms with Crippen molar-refractivity contribution in [2.45, 2.75) is 31.7 Å². The van der Waals surface area contributed by atoms with Crippen LogP contribution in [-0.2, 0) is 9.59 Å². The highest BCUT2D eigenvalue weighted by Gasteiger charge is 2.35. The molecular formula is C29H29ClFN7O3. The second-order valence-corrected chi connectivity index (χ2v) is 10.3. The van der Waals surface area contributed by atoms with Gasteiger partial charge >= 0.3 is 0 Å². The van der Waals surface area contributed by atoms with Crippen LogP contribution in [0.5, 0.6) is 5.75 Å². The van der Waals surface area contributed by atoms with Crippen molar-refractivity contribution in [3.05, 3.63) is 71.4 Å². The zero-order valence-corrected chi connectivity index (χ0v) is 23.4. The molecule has 41 heavy (non-hydrogen) atoms. The molecule has 1 atom stereocenters. The van der Waals surface area contributed by atoms with E-state index in [1.807, 2.05) is 11.8 Å². The van der Waals surface area contributed by atoms with Crippen LogP contribution < -0.4 is 4.90 Å². The van der Waals surface area contributed by atoms with Crippen LogP contribution in [0.1, 0.15) is 36.9 Å². The Morgan fingerprint density at radius 1 is 1.24 bits per heavy atom. The fraction of sp³-hybridized carbons (Fsp3) is 0.310. The number of aromatic hydroxyl groups is 1. The molecule has 2 fully saturated rings. The van der Waals surface area contributed by atoms with Crippen LogP contribution in [0.4, 0.5) is 16.0 Å². The van der Waals surface area contributed by atoms with Crippen LogP contribution in [-0.4, -0.2) is 80.7 Å². The number of rotatable bonds is 7. The van der Waals surface area contributed by atoms with E-state index < -0.39 is 5.82 Å². The maximum absolute atomic E-state index is 15.0. The first kappa shape index (κ1) is 28.2. The van der Waals surface area contributed by atoms with Crippen molar-refractivity contribution in [2.24, 2.45) is 4.99 Å². The zero-order chi connectivity index (χ0) is 29.3. The van der Waals surface area contributed by atoms with Gasteiger partial charge in [-0.3, -0.25) is 19.6 Å². The molecule has 0 radical (unpaired) electrons. The largest absolute Gasteiger partial charge is 0.507 e. The van der Waals surface area contributed by atoms with Crippen LogP contribution in [0.3, 0.4) is 0 Å². The van der Waals surface area contributed by atoms with Crippen LogP contribution in [0.2, 0.25) is 5.02 Å². The summed E-state index contributed by atoms with van der Waals surface area (Å²) >= 11 is 6.71. The van der Waals surface area contributed by atoms with Gasteiger partial charge in [-0.1, -0.05) is 24.2 Å². The Morgan fingerprint density at radius 3 is 2.63 bits per heavy atom. The van der Waals surface area contributed by atoms with Crippen molar-refractivity contribution >= 4 is 41.4 Å². The maximum atomic E-state index is 15.0. The van der Waals surface area contributed by atoms with Gasteiger partial charge in [0.2, 0.25) is 12.3 Å². The Kier molecular flexibility index (Phi) is 7.98. The fourth-order valence-corrected chi connectivity index (χ4v) is 5.37. The summed E-state index contributed by atoms with van der Waals surface area (Å²) in [5.74, 6) is -0.211. The van der Waals surface area contributed by atoms with Gasteiger partial charge in [0, 0.05) is 51.0 Å². The summed E-state index contributed by atoms with van der Waals surface area (Å²) in [6.45, 7) is 6.84. The van der Waals surface area contributed by atoms with Crippen LogP contribution >= 0.6 is 11.6 Å². The number of anilines is 2. The van der Waals surface area contributed by atoms with E-state index >= 15 is 0 Å². The molecule has 1 unspecified atom stereocenters. The molecule has 5 rings (SSSR count). The van der Waals surface area contributed by atoms with Crippen molar-refractivity contribution in [1.29, 1.82) is 0 Å². The van der Waals surface area contributed by atoms with E-state index in [4.69, 9.17) is 11.6 Å². The molecule has 2 aromatic heterocycles. The second-order valence-electron chi connectivity index (χ2n) is 9.92. The molecule has 1 aliphatic heterocycles. The predicted molar refractivity (Wildman–Crippen MR) is 154 cm³/mol. The monoisotopic (exact) mass is 577 g/mol. The lowest BCUT2D eigenvalue weighted by Crippen LogP contribution is -2.55. The molecule has 10 nitrogen and oxygen atoms in total. The minimum Gasteiger partial charge on any atom is -0.507 e. The maximum Gasteiger partial charge on any atom is 0.246 e. The Bertz CT molecular complexity index is 1520. The lowest BCUT2D eigenvalue weighted by Gasteiger charge is -2.41. The summed E-state index contributed by atoms with van der Waals surface area (Å²) in [5, 5.41) is 10.6. The van der Waals surface area contributed by atoms with Crippen molar-refractivity contribution in [1.82, 2.24) is 24.8 Å². The number of amidine groups is 1. The van der Waals surface area contributed by atoms with Crippen LogP contribution in [0, 0.1) is 5.82 Å². The lowest BCUT2D eigenvalue weighted by molar-refractivity contribution is -0.128. The van der Waals surface area contributed by atoms with Gasteiger partial charge in [-0.15, -0.1) is 0 Å². The Morgan fingerprint density at radius 2 is 2.00 bits per heavy atom. The number of phenolic OH excluding ortho intramolecular Hbond substituents is 1. The number of hydrogen-bond donors (Lipinski definition) is 1. The summed E-state index contributed by atoms with van der Waals surface area (Å²) in [4.78, 5) is 48.2. The molecule has 1 aliphatic carbocycles. The number of carbonyl (C=O) groups excluding carboxylic acids is 2. The molecular weight excluding hydrogens is 549 g/mol. The van der Waals surface area contributed by atoms with E-state index in [0.29, 0.717) is 49.0 Å². The van der Waals surface area contributed by atoms with Crippen LogP contribution in [0.25, 0.3) is 11.3 Å². The van der Waals surface area contributed by atoms with Crippen molar-refractivity contribution in [3.8, 4) is 17.0 Å². The molecule has 212 valence electrons. The highest BCUT2D eigenvalue weighted by molar-refractivity contribution is 6.33. The smallest absolute Gasteiger partial charge is 0.246 e. The van der Waals surface area contributed by atoms with Gasteiger partial charge in [-0.2, -0.15) is 0 Å². The Hall–Kier alpha value is -4.38. The third kappa shape index (κ3) is 5.37. The minimum absolute atomic E-state index is 0.0466. The molecule has 2 aliphatic rings. The van der Waals surface area contributed by atoms with Gasteiger partial charge < -0.3 is 14.9 Å². The van der Waals surface area contributed by atoms with Crippen molar-refractivity contribution in [2.75, 3.05) is 31.6 Å². The normalized spacial score (nSPS) is 17.4. The zero-order valence-electron chi connectivity index (χ0n) is 22.7. The average Bonchev–Trinajstić information content (AvgIpc) is 3.81. The summed E-state index contributed by atoms with van der Waals surface area (Å²) in [7, 11) is 1.61. The number of amides is 2.